The van der Waals surface area contributed by atoms with Crippen molar-refractivity contribution in [3.05, 3.63) is 71.8 Å². The lowest BCUT2D eigenvalue weighted by Crippen LogP contribution is -2.19. The Bertz CT molecular complexity index is 746. The molecule has 0 saturated heterocycles. The highest BCUT2D eigenvalue weighted by molar-refractivity contribution is 5.14. The zero-order valence-electron chi connectivity index (χ0n) is 21.4. The van der Waals surface area contributed by atoms with Gasteiger partial charge in [0.25, 0.3) is 0 Å². The molecule has 0 aliphatic heterocycles. The molecule has 2 fully saturated rings. The molecular weight excluding hydrogens is 420 g/mol. The van der Waals surface area contributed by atoms with E-state index in [0.717, 1.165) is 39.5 Å². The topological polar surface area (TPSA) is 70.5 Å². The largest absolute Gasteiger partial charge is 0.376 e. The fourth-order valence-electron chi connectivity index (χ4n) is 5.43. The van der Waals surface area contributed by atoms with Crippen molar-refractivity contribution in [2.24, 2.45) is 34.1 Å². The van der Waals surface area contributed by atoms with Crippen molar-refractivity contribution < 1.29 is 9.47 Å². The van der Waals surface area contributed by atoms with E-state index in [-0.39, 0.29) is 0 Å². The molecule has 2 saturated carbocycles. The summed E-state index contributed by atoms with van der Waals surface area (Å²) in [5.41, 5.74) is 15.1. The van der Waals surface area contributed by atoms with Gasteiger partial charge in [0.15, 0.2) is 0 Å². The van der Waals surface area contributed by atoms with Gasteiger partial charge in [0.2, 0.25) is 0 Å². The lowest BCUT2D eigenvalue weighted by atomic mass is 9.98. The molecule has 4 atom stereocenters. The lowest BCUT2D eigenvalue weighted by Gasteiger charge is -2.13. The van der Waals surface area contributed by atoms with Crippen LogP contribution in [0.25, 0.3) is 0 Å². The minimum absolute atomic E-state index is 0.408. The summed E-state index contributed by atoms with van der Waals surface area (Å²) in [5.74, 6) is 1.38. The number of hydrogen-bond donors (Lipinski definition) is 2. The Hall–Kier alpha value is -1.72. The smallest absolute Gasteiger partial charge is 0.0717 e. The van der Waals surface area contributed by atoms with Crippen molar-refractivity contribution in [3.63, 3.8) is 0 Å². The Balaban J connectivity index is 0.000000191. The predicted octanol–water partition coefficient (Wildman–Crippen LogP) is 5.94. The van der Waals surface area contributed by atoms with Crippen LogP contribution in [0.1, 0.15) is 63.5 Å². The van der Waals surface area contributed by atoms with Crippen molar-refractivity contribution in [2.45, 2.75) is 65.6 Å². The highest BCUT2D eigenvalue weighted by atomic mass is 16.5. The summed E-state index contributed by atoms with van der Waals surface area (Å²) in [5, 5.41) is 0. The molecule has 4 nitrogen and oxygen atoms in total. The molecule has 0 unspecified atom stereocenters. The first-order valence-electron chi connectivity index (χ1n) is 13.2. The first kappa shape index (κ1) is 26.9. The van der Waals surface area contributed by atoms with E-state index in [1.807, 2.05) is 12.1 Å². The third-order valence-corrected chi connectivity index (χ3v) is 7.89. The number of nitrogens with two attached hydrogens (primary N) is 2. The number of hydrogen-bond acceptors (Lipinski definition) is 4. The van der Waals surface area contributed by atoms with Gasteiger partial charge in [0.1, 0.15) is 0 Å². The average Bonchev–Trinajstić information content (AvgIpc) is 3.77. The van der Waals surface area contributed by atoms with Gasteiger partial charge in [-0.25, -0.2) is 0 Å². The van der Waals surface area contributed by atoms with Crippen LogP contribution in [0.2, 0.25) is 0 Å². The SMILES string of the molecule is CCC[C@]1(CN)C[C@H]1COCc1ccccc1.CCC[C@]1(CN)C[C@H]1COCc1ccccc1. The van der Waals surface area contributed by atoms with Gasteiger partial charge in [-0.2, -0.15) is 0 Å². The van der Waals surface area contributed by atoms with Gasteiger partial charge in [-0.1, -0.05) is 87.4 Å². The number of rotatable bonds is 14. The molecule has 2 aromatic carbocycles. The minimum Gasteiger partial charge on any atom is -0.376 e. The molecule has 34 heavy (non-hydrogen) atoms. The highest BCUT2D eigenvalue weighted by Gasteiger charge is 2.52. The van der Waals surface area contributed by atoms with E-state index < -0.39 is 0 Å². The summed E-state index contributed by atoms with van der Waals surface area (Å²) in [6, 6.07) is 20.7. The molecule has 4 heteroatoms. The van der Waals surface area contributed by atoms with Gasteiger partial charge in [0.05, 0.1) is 26.4 Å². The Kier molecular flexibility index (Phi) is 10.6. The average molecular weight is 467 g/mol. The summed E-state index contributed by atoms with van der Waals surface area (Å²) >= 11 is 0. The van der Waals surface area contributed by atoms with E-state index in [4.69, 9.17) is 20.9 Å². The summed E-state index contributed by atoms with van der Waals surface area (Å²) in [7, 11) is 0. The molecule has 4 N–H and O–H groups in total. The zero-order valence-corrected chi connectivity index (χ0v) is 21.4. The molecule has 188 valence electrons. The van der Waals surface area contributed by atoms with E-state index in [1.54, 1.807) is 0 Å². The van der Waals surface area contributed by atoms with Gasteiger partial charge in [-0.05, 0) is 72.6 Å². The molecule has 0 aromatic heterocycles. The molecular formula is C30H46N2O2. The third kappa shape index (κ3) is 7.64. The monoisotopic (exact) mass is 466 g/mol. The maximum absolute atomic E-state index is 5.87. The van der Waals surface area contributed by atoms with Gasteiger partial charge >= 0.3 is 0 Å². The molecule has 0 spiro atoms. The van der Waals surface area contributed by atoms with E-state index in [0.29, 0.717) is 22.7 Å². The van der Waals surface area contributed by atoms with Crippen LogP contribution >= 0.6 is 0 Å². The lowest BCUT2D eigenvalue weighted by molar-refractivity contribution is 0.100. The maximum atomic E-state index is 5.87. The minimum atomic E-state index is 0.408. The summed E-state index contributed by atoms with van der Waals surface area (Å²) in [6.07, 6.45) is 7.47. The number of ether oxygens (including phenoxy) is 2. The van der Waals surface area contributed by atoms with Crippen LogP contribution in [0.15, 0.2) is 60.7 Å². The van der Waals surface area contributed by atoms with Crippen molar-refractivity contribution in [2.75, 3.05) is 26.3 Å². The molecule has 4 rings (SSSR count). The second-order valence-electron chi connectivity index (χ2n) is 10.4. The molecule has 0 amide bonds. The fourth-order valence-corrected chi connectivity index (χ4v) is 5.43. The normalized spacial score (nSPS) is 27.1. The van der Waals surface area contributed by atoms with E-state index in [2.05, 4.69) is 62.4 Å². The van der Waals surface area contributed by atoms with Crippen LogP contribution in [0.5, 0.6) is 0 Å². The predicted molar refractivity (Wildman–Crippen MR) is 141 cm³/mol. The van der Waals surface area contributed by atoms with Crippen LogP contribution in [0.3, 0.4) is 0 Å². The van der Waals surface area contributed by atoms with Crippen molar-refractivity contribution >= 4 is 0 Å². The number of benzene rings is 2. The Labute approximate surface area is 207 Å². The van der Waals surface area contributed by atoms with Crippen molar-refractivity contribution in [1.82, 2.24) is 0 Å². The zero-order chi connectivity index (χ0) is 24.3. The summed E-state index contributed by atoms with van der Waals surface area (Å²) < 4.78 is 11.6. The van der Waals surface area contributed by atoms with E-state index >= 15 is 0 Å². The summed E-state index contributed by atoms with van der Waals surface area (Å²) in [4.78, 5) is 0. The third-order valence-electron chi connectivity index (χ3n) is 7.89. The maximum Gasteiger partial charge on any atom is 0.0717 e. The fraction of sp³-hybridized carbons (Fsp3) is 0.600. The second kappa shape index (κ2) is 13.4. The van der Waals surface area contributed by atoms with Crippen LogP contribution in [-0.2, 0) is 22.7 Å². The Morgan fingerprint density at radius 2 is 1.06 bits per heavy atom. The highest BCUT2D eigenvalue weighted by Crippen LogP contribution is 2.55. The Morgan fingerprint density at radius 1 is 0.676 bits per heavy atom. The standard InChI is InChI=1S/2C15H23NO/c2*1-2-8-15(12-16)9-14(15)11-17-10-13-6-4-3-5-7-13/h2*3-7,14H,2,8-12,16H2,1H3/t2*14-,15+/m00/s1. The van der Waals surface area contributed by atoms with Crippen LogP contribution in [-0.4, -0.2) is 26.3 Å². The van der Waals surface area contributed by atoms with Crippen molar-refractivity contribution in [1.29, 1.82) is 0 Å². The molecule has 2 aromatic rings. The van der Waals surface area contributed by atoms with Gasteiger partial charge in [-0.3, -0.25) is 0 Å². The van der Waals surface area contributed by atoms with Gasteiger partial charge in [-0.15, -0.1) is 0 Å². The molecule has 0 radical (unpaired) electrons. The van der Waals surface area contributed by atoms with Crippen LogP contribution in [0.4, 0.5) is 0 Å². The quantitative estimate of drug-likeness (QED) is 0.362. The first-order chi connectivity index (χ1) is 16.6. The van der Waals surface area contributed by atoms with Crippen LogP contribution < -0.4 is 11.5 Å². The van der Waals surface area contributed by atoms with E-state index in [9.17, 15) is 0 Å². The second-order valence-corrected chi connectivity index (χ2v) is 10.4. The van der Waals surface area contributed by atoms with Gasteiger partial charge in [0, 0.05) is 0 Å². The molecule has 0 heterocycles. The van der Waals surface area contributed by atoms with Crippen molar-refractivity contribution in [3.8, 4) is 0 Å². The van der Waals surface area contributed by atoms with Crippen LogP contribution in [0, 0.1) is 22.7 Å². The molecule has 2 aliphatic rings. The van der Waals surface area contributed by atoms with E-state index in [1.165, 1.54) is 49.7 Å². The molecule has 2 aliphatic carbocycles. The molecule has 0 bridgehead atoms. The summed E-state index contributed by atoms with van der Waals surface area (Å²) in [6.45, 7) is 9.29. The van der Waals surface area contributed by atoms with Gasteiger partial charge < -0.3 is 20.9 Å². The first-order valence-corrected chi connectivity index (χ1v) is 13.2. The Morgan fingerprint density at radius 3 is 1.38 bits per heavy atom.